The average Bonchev–Trinajstić information content (AvgIpc) is 1.85. The molecule has 0 atom stereocenters. The van der Waals surface area contributed by atoms with Gasteiger partial charge in [0.1, 0.15) is 0 Å². The highest BCUT2D eigenvalue weighted by atomic mass is 15.1. The first-order valence-corrected chi connectivity index (χ1v) is 4.01. The van der Waals surface area contributed by atoms with Crippen LogP contribution in [0.25, 0.3) is 0 Å². The van der Waals surface area contributed by atoms with Gasteiger partial charge in [-0.2, -0.15) is 0 Å². The highest BCUT2D eigenvalue weighted by Crippen LogP contribution is 1.86. The Morgan fingerprint density at radius 2 is 1.82 bits per heavy atom. The van der Waals surface area contributed by atoms with Crippen molar-refractivity contribution >= 4 is 0 Å². The van der Waals surface area contributed by atoms with Gasteiger partial charge in [-0.25, -0.2) is 0 Å². The Bertz CT molecular complexity index is 86.9. The summed E-state index contributed by atoms with van der Waals surface area (Å²) in [5, 5.41) is 6.32. The Labute approximate surface area is 68.7 Å². The normalized spacial score (nSPS) is 12.0. The summed E-state index contributed by atoms with van der Waals surface area (Å²) in [7, 11) is 0. The third-order valence-electron chi connectivity index (χ3n) is 1.20. The Hall–Kier alpha value is -0.160. The van der Waals surface area contributed by atoms with Crippen LogP contribution in [-0.2, 0) is 0 Å². The molecule has 0 aliphatic rings. The molecule has 0 aromatic carbocycles. The maximum absolute atomic E-state index is 5.69. The van der Waals surface area contributed by atoms with Crippen molar-refractivity contribution in [3.8, 4) is 0 Å². The summed E-state index contributed by atoms with van der Waals surface area (Å²) < 4.78 is 0. The van der Waals surface area contributed by atoms with Crippen molar-refractivity contribution in [1.82, 2.24) is 10.6 Å². The van der Waals surface area contributed by atoms with E-state index >= 15 is 0 Å². The Morgan fingerprint density at radius 1 is 1.18 bits per heavy atom. The molecule has 0 rings (SSSR count). The van der Waals surface area contributed by atoms with Crippen molar-refractivity contribution in [2.45, 2.75) is 19.5 Å². The van der Waals surface area contributed by atoms with E-state index in [0.717, 1.165) is 19.6 Å². The summed E-state index contributed by atoms with van der Waals surface area (Å²) in [5.41, 5.74) is 10.7. The number of hydrogen-bond donors (Lipinski definition) is 4. The lowest BCUT2D eigenvalue weighted by molar-refractivity contribution is 0.401. The van der Waals surface area contributed by atoms with E-state index in [1.807, 2.05) is 13.8 Å². The molecule has 0 radical (unpaired) electrons. The van der Waals surface area contributed by atoms with Gasteiger partial charge in [0, 0.05) is 26.2 Å². The molecule has 0 aromatic rings. The fourth-order valence-corrected chi connectivity index (χ4v) is 0.700. The average molecular weight is 160 g/mol. The number of rotatable bonds is 6. The van der Waals surface area contributed by atoms with Crippen LogP contribution >= 0.6 is 0 Å². The smallest absolute Gasteiger partial charge is 0.0604 e. The zero-order valence-electron chi connectivity index (χ0n) is 7.48. The predicted molar refractivity (Wildman–Crippen MR) is 48.2 cm³/mol. The summed E-state index contributed by atoms with van der Waals surface area (Å²) in [6.07, 6.45) is 0. The predicted octanol–water partition coefficient (Wildman–Crippen LogP) is -1.18. The van der Waals surface area contributed by atoms with Gasteiger partial charge < -0.3 is 16.8 Å². The van der Waals surface area contributed by atoms with Crippen molar-refractivity contribution in [2.24, 2.45) is 11.5 Å². The fourth-order valence-electron chi connectivity index (χ4n) is 0.700. The molecule has 0 bridgehead atoms. The quantitative estimate of drug-likeness (QED) is 0.291. The lowest BCUT2D eigenvalue weighted by Crippen LogP contribution is -2.50. The largest absolute Gasteiger partial charge is 0.329 e. The number of nitrogens with one attached hydrogen (secondary N) is 2. The Balaban J connectivity index is 3.02. The second-order valence-corrected chi connectivity index (χ2v) is 3.19. The van der Waals surface area contributed by atoms with Gasteiger partial charge >= 0.3 is 0 Å². The standard InChI is InChI=1S/C7H20N4/c1-7(2,9)11-6-5-10-4-3-8/h10-11H,3-6,8-9H2,1-2H3. The number of nitrogens with two attached hydrogens (primary N) is 2. The molecule has 0 saturated carbocycles. The van der Waals surface area contributed by atoms with Gasteiger partial charge in [0.05, 0.1) is 5.66 Å². The SMILES string of the molecule is CC(C)(N)NCCNCCN. The van der Waals surface area contributed by atoms with Crippen LogP contribution in [-0.4, -0.2) is 31.8 Å². The zero-order chi connectivity index (χ0) is 8.74. The molecule has 0 unspecified atom stereocenters. The van der Waals surface area contributed by atoms with Crippen molar-refractivity contribution in [1.29, 1.82) is 0 Å². The van der Waals surface area contributed by atoms with E-state index in [1.54, 1.807) is 0 Å². The molecule has 0 saturated heterocycles. The van der Waals surface area contributed by atoms with Crippen LogP contribution in [0.2, 0.25) is 0 Å². The molecule has 4 nitrogen and oxygen atoms in total. The maximum atomic E-state index is 5.69. The van der Waals surface area contributed by atoms with E-state index in [1.165, 1.54) is 0 Å². The monoisotopic (exact) mass is 160 g/mol. The lowest BCUT2D eigenvalue weighted by atomic mass is 10.3. The molecule has 4 heteroatoms. The molecule has 0 spiro atoms. The van der Waals surface area contributed by atoms with Crippen molar-refractivity contribution < 1.29 is 0 Å². The van der Waals surface area contributed by atoms with E-state index in [0.29, 0.717) is 6.54 Å². The summed E-state index contributed by atoms with van der Waals surface area (Å²) >= 11 is 0. The van der Waals surface area contributed by atoms with E-state index < -0.39 is 0 Å². The van der Waals surface area contributed by atoms with Gasteiger partial charge in [-0.05, 0) is 13.8 Å². The van der Waals surface area contributed by atoms with Crippen LogP contribution in [0.3, 0.4) is 0 Å². The summed E-state index contributed by atoms with van der Waals surface area (Å²) in [4.78, 5) is 0. The summed E-state index contributed by atoms with van der Waals surface area (Å²) in [5.74, 6) is 0. The van der Waals surface area contributed by atoms with Gasteiger partial charge in [0.15, 0.2) is 0 Å². The highest BCUT2D eigenvalue weighted by Gasteiger charge is 2.06. The van der Waals surface area contributed by atoms with Crippen LogP contribution in [0.5, 0.6) is 0 Å². The third-order valence-corrected chi connectivity index (χ3v) is 1.20. The van der Waals surface area contributed by atoms with Crippen molar-refractivity contribution in [2.75, 3.05) is 26.2 Å². The van der Waals surface area contributed by atoms with Gasteiger partial charge in [-0.1, -0.05) is 0 Å². The molecular weight excluding hydrogens is 140 g/mol. The van der Waals surface area contributed by atoms with E-state index in [4.69, 9.17) is 11.5 Å². The molecule has 0 aromatic heterocycles. The molecule has 0 aliphatic carbocycles. The molecule has 0 aliphatic heterocycles. The molecule has 6 N–H and O–H groups in total. The molecule has 0 fully saturated rings. The summed E-state index contributed by atoms with van der Waals surface area (Å²) in [6.45, 7) is 7.23. The van der Waals surface area contributed by atoms with Crippen LogP contribution in [0.15, 0.2) is 0 Å². The molecule has 0 amide bonds. The lowest BCUT2D eigenvalue weighted by Gasteiger charge is -2.20. The summed E-state index contributed by atoms with van der Waals surface area (Å²) in [6, 6.07) is 0. The van der Waals surface area contributed by atoms with Crippen LogP contribution in [0, 0.1) is 0 Å². The van der Waals surface area contributed by atoms with Crippen LogP contribution in [0.1, 0.15) is 13.8 Å². The second kappa shape index (κ2) is 5.49. The van der Waals surface area contributed by atoms with Crippen LogP contribution < -0.4 is 22.1 Å². The molecular formula is C7H20N4. The van der Waals surface area contributed by atoms with Gasteiger partial charge in [-0.15, -0.1) is 0 Å². The second-order valence-electron chi connectivity index (χ2n) is 3.19. The first-order chi connectivity index (χ1) is 5.06. The fraction of sp³-hybridized carbons (Fsp3) is 1.00. The zero-order valence-corrected chi connectivity index (χ0v) is 7.48. The van der Waals surface area contributed by atoms with Crippen LogP contribution in [0.4, 0.5) is 0 Å². The number of hydrogen-bond acceptors (Lipinski definition) is 4. The first kappa shape index (κ1) is 10.8. The minimum absolute atomic E-state index is 0.273. The minimum atomic E-state index is -0.273. The van der Waals surface area contributed by atoms with E-state index in [-0.39, 0.29) is 5.66 Å². The van der Waals surface area contributed by atoms with Crippen molar-refractivity contribution in [3.63, 3.8) is 0 Å². The van der Waals surface area contributed by atoms with E-state index in [9.17, 15) is 0 Å². The topological polar surface area (TPSA) is 76.1 Å². The molecule has 0 heterocycles. The Kier molecular flexibility index (Phi) is 5.41. The highest BCUT2D eigenvalue weighted by molar-refractivity contribution is 4.68. The Morgan fingerprint density at radius 3 is 2.27 bits per heavy atom. The first-order valence-electron chi connectivity index (χ1n) is 4.01. The van der Waals surface area contributed by atoms with Gasteiger partial charge in [0.25, 0.3) is 0 Å². The van der Waals surface area contributed by atoms with Gasteiger partial charge in [-0.3, -0.25) is 5.32 Å². The van der Waals surface area contributed by atoms with Crippen molar-refractivity contribution in [3.05, 3.63) is 0 Å². The minimum Gasteiger partial charge on any atom is -0.329 e. The maximum Gasteiger partial charge on any atom is 0.0604 e. The van der Waals surface area contributed by atoms with E-state index in [2.05, 4.69) is 10.6 Å². The molecule has 68 valence electrons. The molecule has 11 heavy (non-hydrogen) atoms. The van der Waals surface area contributed by atoms with Gasteiger partial charge in [0.2, 0.25) is 0 Å². The third kappa shape index (κ3) is 9.84.